The maximum Gasteiger partial charge on any atom is 0.306 e. The van der Waals surface area contributed by atoms with Crippen molar-refractivity contribution in [2.45, 2.75) is 310 Å². The van der Waals surface area contributed by atoms with Crippen LogP contribution >= 0.6 is 0 Å². The van der Waals surface area contributed by atoms with Crippen LogP contribution in [0.25, 0.3) is 0 Å². The van der Waals surface area contributed by atoms with Crippen molar-refractivity contribution in [1.29, 1.82) is 0 Å². The molecule has 0 radical (unpaired) electrons. The molecule has 0 aromatic rings. The minimum atomic E-state index is -0.760. The molecule has 0 saturated carbocycles. The quantitative estimate of drug-likeness (QED) is 0.0345. The molecule has 0 saturated heterocycles. The van der Waals surface area contributed by atoms with Gasteiger partial charge < -0.3 is 14.2 Å². The number of hydrogen-bond donors (Lipinski definition) is 0. The molecule has 0 heterocycles. The standard InChI is InChI=1S/C54H104O6/c1-5-7-9-11-13-15-17-19-20-21-26-29-33-37-41-45-52(55)58-48-51(60-54(57)47-43-39-35-31-25-18-16-14-12-10-8-6-2)49-59-53(56)46-42-38-34-30-27-23-22-24-28-32-36-40-44-50(3)4/h50-51H,5-49H2,1-4H3/t51-/m0/s1. The van der Waals surface area contributed by atoms with Gasteiger partial charge in [-0.25, -0.2) is 0 Å². The Balaban J connectivity index is 4.29. The van der Waals surface area contributed by atoms with Crippen LogP contribution < -0.4 is 0 Å². The molecule has 0 N–H and O–H groups in total. The monoisotopic (exact) mass is 849 g/mol. The van der Waals surface area contributed by atoms with E-state index in [1.165, 1.54) is 199 Å². The first-order chi connectivity index (χ1) is 29.4. The van der Waals surface area contributed by atoms with E-state index < -0.39 is 6.10 Å². The van der Waals surface area contributed by atoms with Crippen LogP contribution in [0.15, 0.2) is 0 Å². The molecule has 0 aliphatic rings. The third kappa shape index (κ3) is 47.5. The van der Waals surface area contributed by atoms with Crippen LogP contribution in [0.2, 0.25) is 0 Å². The first-order valence-corrected chi connectivity index (χ1v) is 26.9. The molecular formula is C54H104O6. The zero-order chi connectivity index (χ0) is 43.8. The van der Waals surface area contributed by atoms with Crippen LogP contribution in [0, 0.1) is 5.92 Å². The smallest absolute Gasteiger partial charge is 0.306 e. The average molecular weight is 849 g/mol. The van der Waals surface area contributed by atoms with Gasteiger partial charge in [-0.1, -0.05) is 265 Å². The maximum atomic E-state index is 12.8. The van der Waals surface area contributed by atoms with Crippen LogP contribution in [0.5, 0.6) is 0 Å². The highest BCUT2D eigenvalue weighted by molar-refractivity contribution is 5.71. The van der Waals surface area contributed by atoms with Gasteiger partial charge in [0.2, 0.25) is 0 Å². The molecule has 1 atom stereocenters. The van der Waals surface area contributed by atoms with Crippen LogP contribution in [0.1, 0.15) is 304 Å². The van der Waals surface area contributed by atoms with Gasteiger partial charge in [0, 0.05) is 19.3 Å². The Kier molecular flexibility index (Phi) is 47.2. The SMILES string of the molecule is CCCCCCCCCCCCCCCCCC(=O)OC[C@@H](COC(=O)CCCCCCCCCCCCCCC(C)C)OC(=O)CCCCCCCCCCCCCC. The zero-order valence-corrected chi connectivity index (χ0v) is 40.9. The van der Waals surface area contributed by atoms with E-state index in [9.17, 15) is 14.4 Å². The van der Waals surface area contributed by atoms with Gasteiger partial charge in [0.1, 0.15) is 13.2 Å². The lowest BCUT2D eigenvalue weighted by Gasteiger charge is -2.18. The number of hydrogen-bond acceptors (Lipinski definition) is 6. The fourth-order valence-electron chi connectivity index (χ4n) is 8.22. The van der Waals surface area contributed by atoms with Crippen molar-refractivity contribution in [2.75, 3.05) is 13.2 Å². The summed E-state index contributed by atoms with van der Waals surface area (Å²) in [5.41, 5.74) is 0. The molecule has 6 nitrogen and oxygen atoms in total. The van der Waals surface area contributed by atoms with Gasteiger partial charge >= 0.3 is 17.9 Å². The van der Waals surface area contributed by atoms with Crippen molar-refractivity contribution >= 4 is 17.9 Å². The Morgan fingerprint density at radius 2 is 0.550 bits per heavy atom. The van der Waals surface area contributed by atoms with E-state index in [2.05, 4.69) is 27.7 Å². The highest BCUT2D eigenvalue weighted by Crippen LogP contribution is 2.17. The van der Waals surface area contributed by atoms with Gasteiger partial charge in [-0.15, -0.1) is 0 Å². The largest absolute Gasteiger partial charge is 0.462 e. The Bertz CT molecular complexity index is 903. The lowest BCUT2D eigenvalue weighted by Crippen LogP contribution is -2.30. The first-order valence-electron chi connectivity index (χ1n) is 26.9. The van der Waals surface area contributed by atoms with Crippen LogP contribution in [0.3, 0.4) is 0 Å². The molecule has 0 rings (SSSR count). The minimum Gasteiger partial charge on any atom is -0.462 e. The Labute approximate surface area is 374 Å². The molecule has 0 aromatic carbocycles. The molecule has 60 heavy (non-hydrogen) atoms. The number of carbonyl (C=O) groups excluding carboxylic acids is 3. The second-order valence-electron chi connectivity index (χ2n) is 19.0. The third-order valence-corrected chi connectivity index (χ3v) is 12.3. The van der Waals surface area contributed by atoms with E-state index in [4.69, 9.17) is 14.2 Å². The molecule has 356 valence electrons. The number of rotatable bonds is 49. The number of ether oxygens (including phenoxy) is 3. The van der Waals surface area contributed by atoms with Gasteiger partial charge in [0.25, 0.3) is 0 Å². The van der Waals surface area contributed by atoms with E-state index in [1.54, 1.807) is 0 Å². The van der Waals surface area contributed by atoms with Crippen molar-refractivity contribution in [2.24, 2.45) is 5.92 Å². The predicted octanol–water partition coefficient (Wildman–Crippen LogP) is 17.5. The molecule has 0 bridgehead atoms. The maximum absolute atomic E-state index is 12.8. The van der Waals surface area contributed by atoms with Gasteiger partial charge in [0.15, 0.2) is 6.10 Å². The highest BCUT2D eigenvalue weighted by atomic mass is 16.6. The summed E-state index contributed by atoms with van der Waals surface area (Å²) in [6.45, 7) is 9.04. The van der Waals surface area contributed by atoms with Gasteiger partial charge in [0.05, 0.1) is 0 Å². The normalized spacial score (nSPS) is 11.9. The first kappa shape index (κ1) is 58.4. The van der Waals surface area contributed by atoms with E-state index >= 15 is 0 Å². The number of carbonyl (C=O) groups is 3. The van der Waals surface area contributed by atoms with Gasteiger partial charge in [-0.05, 0) is 25.2 Å². The number of esters is 3. The summed E-state index contributed by atoms with van der Waals surface area (Å²) < 4.78 is 16.8. The fourth-order valence-corrected chi connectivity index (χ4v) is 8.22. The minimum absolute atomic E-state index is 0.0623. The topological polar surface area (TPSA) is 78.9 Å². The summed E-state index contributed by atoms with van der Waals surface area (Å²) in [6.07, 6.45) is 50.8. The fraction of sp³-hybridized carbons (Fsp3) is 0.944. The van der Waals surface area contributed by atoms with Gasteiger partial charge in [-0.3, -0.25) is 14.4 Å². The summed E-state index contributed by atoms with van der Waals surface area (Å²) in [7, 11) is 0. The van der Waals surface area contributed by atoms with Crippen molar-refractivity contribution in [1.82, 2.24) is 0 Å². The molecule has 0 spiro atoms. The Hall–Kier alpha value is -1.59. The predicted molar refractivity (Wildman–Crippen MR) is 257 cm³/mol. The summed E-state index contributed by atoms with van der Waals surface area (Å²) in [4.78, 5) is 38.0. The van der Waals surface area contributed by atoms with E-state index in [0.717, 1.165) is 63.7 Å². The summed E-state index contributed by atoms with van der Waals surface area (Å²) >= 11 is 0. The lowest BCUT2D eigenvalue weighted by atomic mass is 10.0. The summed E-state index contributed by atoms with van der Waals surface area (Å²) in [5.74, 6) is -0.00717. The van der Waals surface area contributed by atoms with Gasteiger partial charge in [-0.2, -0.15) is 0 Å². The molecule has 0 aromatic heterocycles. The van der Waals surface area contributed by atoms with Crippen molar-refractivity contribution in [3.05, 3.63) is 0 Å². The van der Waals surface area contributed by atoms with E-state index in [1.807, 2.05) is 0 Å². The summed E-state index contributed by atoms with van der Waals surface area (Å²) in [6, 6.07) is 0. The molecule has 0 amide bonds. The number of unbranched alkanes of at least 4 members (excludes halogenated alkanes) is 36. The van der Waals surface area contributed by atoms with Crippen LogP contribution in [-0.4, -0.2) is 37.2 Å². The second kappa shape index (κ2) is 48.4. The molecule has 0 unspecified atom stereocenters. The van der Waals surface area contributed by atoms with Crippen molar-refractivity contribution in [3.63, 3.8) is 0 Å². The second-order valence-corrected chi connectivity index (χ2v) is 19.0. The van der Waals surface area contributed by atoms with E-state index in [-0.39, 0.29) is 31.1 Å². The van der Waals surface area contributed by atoms with Crippen LogP contribution in [-0.2, 0) is 28.6 Å². The van der Waals surface area contributed by atoms with E-state index in [0.29, 0.717) is 19.3 Å². The average Bonchev–Trinajstić information content (AvgIpc) is 3.23. The molecule has 0 aliphatic heterocycles. The van der Waals surface area contributed by atoms with Crippen molar-refractivity contribution < 1.29 is 28.6 Å². The van der Waals surface area contributed by atoms with Crippen molar-refractivity contribution in [3.8, 4) is 0 Å². The molecular weight excluding hydrogens is 745 g/mol. The third-order valence-electron chi connectivity index (χ3n) is 12.3. The molecule has 0 aliphatic carbocycles. The zero-order valence-electron chi connectivity index (χ0n) is 40.9. The molecule has 6 heteroatoms. The molecule has 0 fully saturated rings. The lowest BCUT2D eigenvalue weighted by molar-refractivity contribution is -0.167. The van der Waals surface area contributed by atoms with Crippen LogP contribution in [0.4, 0.5) is 0 Å². The Morgan fingerprint density at radius 1 is 0.317 bits per heavy atom. The summed E-state index contributed by atoms with van der Waals surface area (Å²) in [5, 5.41) is 0. The highest BCUT2D eigenvalue weighted by Gasteiger charge is 2.19. The Morgan fingerprint density at radius 3 is 0.817 bits per heavy atom.